The van der Waals surface area contributed by atoms with Crippen LogP contribution in [0.3, 0.4) is 0 Å². The van der Waals surface area contributed by atoms with Crippen LogP contribution in [0.5, 0.6) is 0 Å². The SMILES string of the molecule is [F].[Mg+2].[O]=[GeH][O-].[O]=[GeH][O-]. The van der Waals surface area contributed by atoms with Gasteiger partial charge in [0.1, 0.15) is 0 Å². The molecule has 1 radical (unpaired) electrons. The van der Waals surface area contributed by atoms with Gasteiger partial charge in [0.25, 0.3) is 0 Å². The van der Waals surface area contributed by atoms with Gasteiger partial charge in [0, 0.05) is 4.70 Å². The Hall–Kier alpha value is 0.982. The summed E-state index contributed by atoms with van der Waals surface area (Å²) in [5.41, 5.74) is 0. The summed E-state index contributed by atoms with van der Waals surface area (Å²) >= 11 is -4.38. The molecule has 0 aromatic heterocycles. The van der Waals surface area contributed by atoms with Crippen molar-refractivity contribution in [1.29, 1.82) is 0 Å². The first-order valence-electron chi connectivity index (χ1n) is 0.943. The van der Waals surface area contributed by atoms with Gasteiger partial charge in [0.15, 0.2) is 0 Å². The van der Waals surface area contributed by atoms with Crippen LogP contribution in [0.25, 0.3) is 0 Å². The molecule has 0 amide bonds. The minimum absolute atomic E-state index is 0. The third-order valence-electron chi connectivity index (χ3n) is 0. The molecule has 0 aliphatic heterocycles. The Labute approximate surface area is 74.6 Å². The van der Waals surface area contributed by atoms with Gasteiger partial charge in [-0.1, -0.05) is 0 Å². The van der Waals surface area contributed by atoms with Gasteiger partial charge in [-0.3, -0.25) is 0 Å². The molecule has 0 atom stereocenters. The summed E-state index contributed by atoms with van der Waals surface area (Å²) in [5, 5.41) is 0. The van der Waals surface area contributed by atoms with Crippen molar-refractivity contribution in [2.75, 3.05) is 0 Å². The third-order valence-corrected chi connectivity index (χ3v) is 0. The van der Waals surface area contributed by atoms with E-state index >= 15 is 0 Å². The van der Waals surface area contributed by atoms with Crippen molar-refractivity contribution in [3.8, 4) is 0 Å². The van der Waals surface area contributed by atoms with E-state index in [4.69, 9.17) is 15.8 Å². The van der Waals surface area contributed by atoms with Gasteiger partial charge in [-0.05, 0) is 0 Å². The van der Waals surface area contributed by atoms with Crippen molar-refractivity contribution in [2.24, 2.45) is 0 Å². The van der Waals surface area contributed by atoms with Gasteiger partial charge in [0.2, 0.25) is 0 Å². The number of hydrogen-bond donors (Lipinski definition) is 0. The van der Waals surface area contributed by atoms with E-state index in [1.165, 1.54) is 0 Å². The minimum atomic E-state index is -2.19. The van der Waals surface area contributed by atoms with Crippen LogP contribution in [0.2, 0.25) is 0 Å². The Balaban J connectivity index is -0.0000000160. The van der Waals surface area contributed by atoms with Gasteiger partial charge >= 0.3 is 70.3 Å². The molecule has 0 aliphatic carbocycles. The van der Waals surface area contributed by atoms with Crippen LogP contribution in [-0.4, -0.2) is 54.5 Å². The van der Waals surface area contributed by atoms with E-state index < -0.39 is 31.4 Å². The molecule has 0 saturated carbocycles. The van der Waals surface area contributed by atoms with E-state index in [-0.39, 0.29) is 27.8 Å². The van der Waals surface area contributed by atoms with Gasteiger partial charge < -0.3 is 0 Å². The van der Waals surface area contributed by atoms with Gasteiger partial charge in [0.05, 0.1) is 0 Å². The average molecular weight is 255 g/mol. The van der Waals surface area contributed by atoms with E-state index in [1.807, 2.05) is 0 Å². The molecule has 0 heterocycles. The zero-order valence-electron chi connectivity index (χ0n) is 3.87. The molecule has 0 aliphatic rings. The maximum absolute atomic E-state index is 8.53. The molecule has 43 valence electrons. The first kappa shape index (κ1) is 23.1. The molecule has 8 heavy (non-hydrogen) atoms. The fraction of sp³-hybridized carbons (Fsp3) is 0. The van der Waals surface area contributed by atoms with Gasteiger partial charge in [-0.2, -0.15) is 0 Å². The van der Waals surface area contributed by atoms with E-state index in [2.05, 4.69) is 0 Å². The topological polar surface area (TPSA) is 80.3 Å². The van der Waals surface area contributed by atoms with Crippen molar-refractivity contribution >= 4 is 54.5 Å². The fourth-order valence-corrected chi connectivity index (χ4v) is 0. The summed E-state index contributed by atoms with van der Waals surface area (Å²) in [6.07, 6.45) is 0. The maximum atomic E-state index is 8.53. The predicted octanol–water partition coefficient (Wildman–Crippen LogP) is -3.87. The first-order valence-corrected chi connectivity index (χ1v) is 4.90. The molecule has 0 spiro atoms. The molecule has 8 heteroatoms. The fourth-order valence-electron chi connectivity index (χ4n) is 0. The molecule has 4 nitrogen and oxygen atoms in total. The number of rotatable bonds is 0. The molecule has 0 unspecified atom stereocenters. The van der Waals surface area contributed by atoms with E-state index in [0.29, 0.717) is 0 Å². The molecule has 0 rings (SSSR count). The van der Waals surface area contributed by atoms with Crippen LogP contribution >= 0.6 is 0 Å². The monoisotopic (exact) mass is 257 g/mol. The van der Waals surface area contributed by atoms with E-state index in [1.54, 1.807) is 0 Å². The van der Waals surface area contributed by atoms with Crippen molar-refractivity contribution in [3.05, 3.63) is 0 Å². The Morgan fingerprint density at radius 1 is 1.00 bits per heavy atom. The van der Waals surface area contributed by atoms with E-state index in [0.717, 1.165) is 0 Å². The average Bonchev–Trinajstić information content (AvgIpc) is 1.39. The van der Waals surface area contributed by atoms with Crippen molar-refractivity contribution in [3.63, 3.8) is 0 Å². The van der Waals surface area contributed by atoms with Crippen molar-refractivity contribution in [2.45, 2.75) is 0 Å². The predicted molar refractivity (Wildman–Crippen MR) is 22.5 cm³/mol. The van der Waals surface area contributed by atoms with Crippen LogP contribution in [0, 0.1) is 0 Å². The Bertz CT molecular complexity index is 35.0. The zero-order valence-corrected chi connectivity index (χ0v) is 10.1. The third kappa shape index (κ3) is 259. The Morgan fingerprint density at radius 3 is 1.00 bits per heavy atom. The molecule has 0 saturated heterocycles. The Morgan fingerprint density at radius 2 is 1.00 bits per heavy atom. The van der Waals surface area contributed by atoms with Crippen molar-refractivity contribution in [1.82, 2.24) is 0 Å². The summed E-state index contributed by atoms with van der Waals surface area (Å²) in [4.78, 5) is 0. The van der Waals surface area contributed by atoms with Crippen LogP contribution in [-0.2, 0) is 7.56 Å². The molecule has 0 fully saturated rings. The quantitative estimate of drug-likeness (QED) is 0.414. The molecule has 0 N–H and O–H groups in total. The first-order chi connectivity index (χ1) is 2.83. The summed E-state index contributed by atoms with van der Waals surface area (Å²) in [6, 6.07) is 0. The van der Waals surface area contributed by atoms with Crippen LogP contribution in [0.1, 0.15) is 0 Å². The molecular weight excluding hydrogens is 253 g/mol. The summed E-state index contributed by atoms with van der Waals surface area (Å²) in [6.45, 7) is 0. The van der Waals surface area contributed by atoms with E-state index in [9.17, 15) is 0 Å². The van der Waals surface area contributed by atoms with Gasteiger partial charge in [-0.25, -0.2) is 0 Å². The normalized spacial score (nSPS) is 3.00. The van der Waals surface area contributed by atoms with Crippen LogP contribution < -0.4 is 8.27 Å². The zero-order chi connectivity index (χ0) is 5.41. The summed E-state index contributed by atoms with van der Waals surface area (Å²) < 4.78 is 34.1. The van der Waals surface area contributed by atoms with Crippen LogP contribution in [0.4, 0.5) is 4.70 Å². The Kier molecular flexibility index (Phi) is 126. The van der Waals surface area contributed by atoms with Crippen molar-refractivity contribution < 1.29 is 20.5 Å². The standard InChI is InChI=1S/F.2GeHO2.Mg/c;2*2-1-3;/h;2*1H;/q;2*-1;+2. The second-order valence-corrected chi connectivity index (χ2v) is 1.00. The number of hydrogen-bond acceptors (Lipinski definition) is 4. The summed E-state index contributed by atoms with van der Waals surface area (Å²) in [5.74, 6) is 0. The molecule has 0 bridgehead atoms. The molecule has 0 aromatic carbocycles. The van der Waals surface area contributed by atoms with Gasteiger partial charge in [-0.15, -0.1) is 0 Å². The summed E-state index contributed by atoms with van der Waals surface area (Å²) in [7, 11) is 0. The second kappa shape index (κ2) is 43.8. The second-order valence-electron chi connectivity index (χ2n) is 0.192. The number of halogens is 1. The molecular formula is H2FGe2MgO4. The molecule has 0 aromatic rings. The van der Waals surface area contributed by atoms with Crippen LogP contribution in [0.15, 0.2) is 0 Å².